The van der Waals surface area contributed by atoms with E-state index in [0.29, 0.717) is 5.90 Å². The van der Waals surface area contributed by atoms with Crippen LogP contribution < -0.4 is 0 Å². The van der Waals surface area contributed by atoms with Crippen molar-refractivity contribution in [1.29, 1.82) is 0 Å². The van der Waals surface area contributed by atoms with Crippen molar-refractivity contribution in [3.8, 4) is 0 Å². The summed E-state index contributed by atoms with van der Waals surface area (Å²) in [7, 11) is 0. The Labute approximate surface area is 128 Å². The lowest BCUT2D eigenvalue weighted by Crippen LogP contribution is -2.14. The number of rotatable bonds is 6. The van der Waals surface area contributed by atoms with Crippen molar-refractivity contribution < 1.29 is 9.53 Å². The largest absolute Gasteiger partial charge is 0.406 e. The van der Waals surface area contributed by atoms with Gasteiger partial charge in [-0.1, -0.05) is 71.1 Å². The van der Waals surface area contributed by atoms with Crippen molar-refractivity contribution in [2.24, 2.45) is 4.99 Å². The molecule has 21 heavy (non-hydrogen) atoms. The molecule has 1 aliphatic rings. The second-order valence-electron chi connectivity index (χ2n) is 5.23. The number of esters is 1. The van der Waals surface area contributed by atoms with Crippen LogP contribution >= 0.6 is 0 Å². The first-order chi connectivity index (χ1) is 10.2. The highest BCUT2D eigenvalue weighted by Gasteiger charge is 2.28. The van der Waals surface area contributed by atoms with Crippen LogP contribution in [0, 0.1) is 0 Å². The van der Waals surface area contributed by atoms with Crippen molar-refractivity contribution in [3.63, 3.8) is 0 Å². The zero-order chi connectivity index (χ0) is 15.5. The first-order valence-corrected chi connectivity index (χ1v) is 8.07. The van der Waals surface area contributed by atoms with E-state index in [4.69, 9.17) is 4.74 Å². The van der Waals surface area contributed by atoms with E-state index in [-0.39, 0.29) is 12.0 Å². The maximum atomic E-state index is 11.5. The Morgan fingerprint density at radius 1 is 1.00 bits per heavy atom. The van der Waals surface area contributed by atoms with Crippen molar-refractivity contribution >= 4 is 11.9 Å². The third-order valence-corrected chi connectivity index (χ3v) is 3.30. The van der Waals surface area contributed by atoms with Gasteiger partial charge in [-0.25, -0.2) is 9.79 Å². The van der Waals surface area contributed by atoms with Crippen molar-refractivity contribution in [2.75, 3.05) is 0 Å². The molecule has 1 unspecified atom stereocenters. The van der Waals surface area contributed by atoms with Gasteiger partial charge in [0.1, 0.15) is 0 Å². The van der Waals surface area contributed by atoms with E-state index in [9.17, 15) is 4.79 Å². The first kappa shape index (κ1) is 17.4. The molecule has 0 aromatic heterocycles. The molecule has 0 aliphatic carbocycles. The Kier molecular flexibility index (Phi) is 8.41. The molecule has 1 heterocycles. The Balaban J connectivity index is 0.000000383. The predicted octanol–water partition coefficient (Wildman–Crippen LogP) is 4.75. The van der Waals surface area contributed by atoms with Crippen LogP contribution in [0.15, 0.2) is 35.3 Å². The molecule has 116 valence electrons. The lowest BCUT2D eigenvalue weighted by molar-refractivity contribution is -0.135. The molecule has 1 aromatic rings. The van der Waals surface area contributed by atoms with Gasteiger partial charge in [0.25, 0.3) is 0 Å². The number of carbonyl (C=O) groups excluding carboxylic acids is 1. The van der Waals surface area contributed by atoms with Gasteiger partial charge in [-0.15, -0.1) is 0 Å². The third kappa shape index (κ3) is 6.11. The fraction of sp³-hybridized carbons (Fsp3) is 0.556. The highest BCUT2D eigenvalue weighted by Crippen LogP contribution is 2.17. The molecular weight excluding hydrogens is 262 g/mol. The molecule has 1 atom stereocenters. The van der Waals surface area contributed by atoms with Gasteiger partial charge in [-0.05, 0) is 18.6 Å². The van der Waals surface area contributed by atoms with Crippen LogP contribution in [0.3, 0.4) is 0 Å². The number of hydrogen-bond acceptors (Lipinski definition) is 3. The fourth-order valence-electron chi connectivity index (χ4n) is 2.03. The van der Waals surface area contributed by atoms with Crippen LogP contribution in [-0.4, -0.2) is 17.9 Å². The molecule has 1 aliphatic heterocycles. The van der Waals surface area contributed by atoms with Crippen LogP contribution in [0.25, 0.3) is 0 Å². The molecule has 3 heteroatoms. The van der Waals surface area contributed by atoms with E-state index in [0.717, 1.165) is 24.8 Å². The van der Waals surface area contributed by atoms with Gasteiger partial charge in [0.05, 0.1) is 0 Å². The van der Waals surface area contributed by atoms with E-state index < -0.39 is 0 Å². The lowest BCUT2D eigenvalue weighted by Gasteiger charge is -1.99. The van der Waals surface area contributed by atoms with Crippen LogP contribution in [-0.2, 0) is 9.53 Å². The monoisotopic (exact) mass is 289 g/mol. The lowest BCUT2D eigenvalue weighted by atomic mass is 10.1. The van der Waals surface area contributed by atoms with Crippen LogP contribution in [0.5, 0.6) is 0 Å². The summed E-state index contributed by atoms with van der Waals surface area (Å²) in [4.78, 5) is 15.8. The summed E-state index contributed by atoms with van der Waals surface area (Å²) in [5, 5.41) is 0. The molecule has 3 nitrogen and oxygen atoms in total. The maximum Gasteiger partial charge on any atom is 0.337 e. The molecule has 0 bridgehead atoms. The quantitative estimate of drug-likeness (QED) is 0.709. The number of nitrogens with zero attached hydrogens (tertiary/aromatic N) is 1. The Morgan fingerprint density at radius 2 is 1.62 bits per heavy atom. The fourth-order valence-corrected chi connectivity index (χ4v) is 2.03. The normalized spacial score (nSPS) is 16.8. The molecule has 0 N–H and O–H groups in total. The summed E-state index contributed by atoms with van der Waals surface area (Å²) in [6, 6.07) is 9.24. The molecule has 0 fully saturated rings. The number of aliphatic imine (C=N–C) groups is 1. The first-order valence-electron chi connectivity index (χ1n) is 8.07. The summed E-state index contributed by atoms with van der Waals surface area (Å²) in [5.41, 5.74) is 0.870. The number of hydrogen-bond donors (Lipinski definition) is 0. The number of cyclic esters (lactones) is 1. The third-order valence-electron chi connectivity index (χ3n) is 3.30. The summed E-state index contributed by atoms with van der Waals surface area (Å²) in [6.07, 6.45) is 6.93. The Morgan fingerprint density at radius 3 is 2.14 bits per heavy atom. The molecule has 1 aromatic carbocycles. The number of carbonyl (C=O) groups is 1. The molecule has 0 saturated heterocycles. The molecule has 2 rings (SSSR count). The average molecular weight is 289 g/mol. The van der Waals surface area contributed by atoms with Gasteiger partial charge in [-0.2, -0.15) is 0 Å². The minimum atomic E-state index is -0.296. The highest BCUT2D eigenvalue weighted by molar-refractivity contribution is 6.06. The minimum Gasteiger partial charge on any atom is -0.406 e. The van der Waals surface area contributed by atoms with Gasteiger partial charge in [-0.3, -0.25) is 0 Å². The second-order valence-corrected chi connectivity index (χ2v) is 5.23. The van der Waals surface area contributed by atoms with Gasteiger partial charge in [0, 0.05) is 5.56 Å². The van der Waals surface area contributed by atoms with Crippen molar-refractivity contribution in [2.45, 2.75) is 65.3 Å². The van der Waals surface area contributed by atoms with E-state index in [1.54, 1.807) is 0 Å². The van der Waals surface area contributed by atoms with Crippen LogP contribution in [0.4, 0.5) is 0 Å². The van der Waals surface area contributed by atoms with Gasteiger partial charge < -0.3 is 4.74 Å². The molecule has 0 radical (unpaired) electrons. The van der Waals surface area contributed by atoms with Crippen LogP contribution in [0.1, 0.15) is 64.9 Å². The number of unbranched alkanes of at least 4 members (excludes halogenated alkanes) is 3. The summed E-state index contributed by atoms with van der Waals surface area (Å²) in [6.45, 7) is 6.52. The zero-order valence-corrected chi connectivity index (χ0v) is 13.5. The zero-order valence-electron chi connectivity index (χ0n) is 13.5. The smallest absolute Gasteiger partial charge is 0.337 e. The molecule has 0 spiro atoms. The predicted molar refractivity (Wildman–Crippen MR) is 87.6 cm³/mol. The molecule has 0 saturated carbocycles. The Hall–Kier alpha value is -1.64. The summed E-state index contributed by atoms with van der Waals surface area (Å²) in [5.74, 6) is 0.249. The second kappa shape index (κ2) is 10.1. The molecular formula is C18H27NO2. The van der Waals surface area contributed by atoms with Gasteiger partial charge in [0.15, 0.2) is 6.04 Å². The summed E-state index contributed by atoms with van der Waals surface area (Å²) >= 11 is 0. The molecule has 0 amide bonds. The average Bonchev–Trinajstić information content (AvgIpc) is 2.89. The van der Waals surface area contributed by atoms with E-state index >= 15 is 0 Å². The Bertz CT molecular complexity index is 438. The van der Waals surface area contributed by atoms with Crippen molar-refractivity contribution in [3.05, 3.63) is 35.9 Å². The topological polar surface area (TPSA) is 38.7 Å². The van der Waals surface area contributed by atoms with Gasteiger partial charge in [0.2, 0.25) is 5.90 Å². The minimum absolute atomic E-state index is 0.215. The van der Waals surface area contributed by atoms with Gasteiger partial charge >= 0.3 is 5.97 Å². The maximum absolute atomic E-state index is 11.5. The summed E-state index contributed by atoms with van der Waals surface area (Å²) < 4.78 is 5.17. The van der Waals surface area contributed by atoms with E-state index in [1.807, 2.05) is 30.3 Å². The highest BCUT2D eigenvalue weighted by atomic mass is 16.6. The van der Waals surface area contributed by atoms with E-state index in [2.05, 4.69) is 25.8 Å². The standard InChI is InChI=1S/C13H15NO2.C5H12/c1-2-3-9-11-13(15)16-12(14-11)10-7-5-4-6-8-10;1-3-5-4-2/h4-8,11H,2-3,9H2,1H3;3-5H2,1-2H3. The van der Waals surface area contributed by atoms with Crippen LogP contribution in [0.2, 0.25) is 0 Å². The van der Waals surface area contributed by atoms with Crippen molar-refractivity contribution in [1.82, 2.24) is 0 Å². The SMILES string of the molecule is CCCCC.CCCCC1N=C(c2ccccc2)OC1=O. The number of benzene rings is 1. The van der Waals surface area contributed by atoms with E-state index in [1.165, 1.54) is 19.3 Å². The number of ether oxygens (including phenoxy) is 1.